The summed E-state index contributed by atoms with van der Waals surface area (Å²) in [5.41, 5.74) is 5.87. The van der Waals surface area contributed by atoms with Crippen molar-refractivity contribution in [2.45, 2.75) is 44.8 Å². The van der Waals surface area contributed by atoms with Gasteiger partial charge in [0.15, 0.2) is 5.66 Å². The second-order valence-electron chi connectivity index (χ2n) is 9.21. The van der Waals surface area contributed by atoms with E-state index in [1.807, 2.05) is 54.6 Å². The Balaban J connectivity index is 1.40. The second-order valence-corrected chi connectivity index (χ2v) is 9.21. The van der Waals surface area contributed by atoms with Crippen molar-refractivity contribution in [3.05, 3.63) is 77.7 Å². The van der Waals surface area contributed by atoms with Gasteiger partial charge >= 0.3 is 0 Å². The molecule has 4 aliphatic rings. The molecule has 0 aromatic heterocycles. The van der Waals surface area contributed by atoms with E-state index in [9.17, 15) is 4.79 Å². The monoisotopic (exact) mass is 467 g/mol. The number of ether oxygens (including phenoxy) is 1. The number of amides is 1. The van der Waals surface area contributed by atoms with Crippen LogP contribution in [0.2, 0.25) is 0 Å². The van der Waals surface area contributed by atoms with Gasteiger partial charge in [-0.3, -0.25) is 10.2 Å². The lowest BCUT2D eigenvalue weighted by molar-refractivity contribution is -0.125. The first kappa shape index (κ1) is 22.7. The molecule has 2 unspecified atom stereocenters. The Morgan fingerprint density at radius 2 is 2.14 bits per heavy atom. The molecular weight excluding hydrogens is 438 g/mol. The van der Waals surface area contributed by atoms with Crippen molar-refractivity contribution >= 4 is 18.5 Å². The molecule has 7 nitrogen and oxygen atoms in total. The van der Waals surface area contributed by atoms with E-state index in [1.165, 1.54) is 6.08 Å². The number of fused-ring (bicyclic) bond motifs is 1. The van der Waals surface area contributed by atoms with Crippen molar-refractivity contribution in [3.8, 4) is 17.7 Å². The van der Waals surface area contributed by atoms with Crippen LogP contribution in [0.25, 0.3) is 0 Å². The highest BCUT2D eigenvalue weighted by atomic mass is 16.5. The van der Waals surface area contributed by atoms with E-state index in [0.29, 0.717) is 6.54 Å². The zero-order valence-corrected chi connectivity index (χ0v) is 20.1. The number of hydrogen-bond donors (Lipinski definition) is 1. The molecule has 1 fully saturated rings. The third-order valence-corrected chi connectivity index (χ3v) is 6.83. The van der Waals surface area contributed by atoms with Crippen molar-refractivity contribution in [1.29, 1.82) is 0 Å². The number of aliphatic imine (C=N–C) groups is 2. The van der Waals surface area contributed by atoms with Gasteiger partial charge in [-0.05, 0) is 56.0 Å². The Bertz CT molecular complexity index is 1250. The Kier molecular flexibility index (Phi) is 6.04. The molecule has 1 aromatic carbocycles. The van der Waals surface area contributed by atoms with Crippen LogP contribution in [-0.2, 0) is 4.79 Å². The van der Waals surface area contributed by atoms with Crippen LogP contribution in [0.4, 0.5) is 0 Å². The maximum absolute atomic E-state index is 12.2. The standard InChI is InChI=1S/C28H29N5O2/c1-4-26(34)32-15-8-9-22(32)14-16-33-28(3)24(18-29-19-30-28)27(31-33)21-12-13-25(20(2)17-21)35-23-10-6-5-7-11-23/h4-7,10-13,18-20,22,31H,1,8-9,15,17H2,2-3H3/t20?,22-,28?/m0/s1. The van der Waals surface area contributed by atoms with Gasteiger partial charge in [0.25, 0.3) is 0 Å². The van der Waals surface area contributed by atoms with Crippen molar-refractivity contribution in [1.82, 2.24) is 15.3 Å². The van der Waals surface area contributed by atoms with Gasteiger partial charge in [0.1, 0.15) is 17.8 Å². The lowest BCUT2D eigenvalue weighted by atomic mass is 9.89. The highest BCUT2D eigenvalue weighted by Crippen LogP contribution is 2.39. The number of nitrogens with one attached hydrogen (secondary N) is 1. The molecule has 3 heterocycles. The maximum Gasteiger partial charge on any atom is 0.246 e. The summed E-state index contributed by atoms with van der Waals surface area (Å²) in [7, 11) is 0. The highest BCUT2D eigenvalue weighted by Gasteiger charge is 2.44. The normalized spacial score (nSPS) is 26.9. The molecule has 178 valence electrons. The fourth-order valence-corrected chi connectivity index (χ4v) is 4.81. The topological polar surface area (TPSA) is 69.5 Å². The molecule has 1 saturated heterocycles. The molecule has 0 bridgehead atoms. The summed E-state index contributed by atoms with van der Waals surface area (Å²) in [6.07, 6.45) is 11.5. The second kappa shape index (κ2) is 9.30. The minimum Gasteiger partial charge on any atom is -0.461 e. The number of carbonyl (C=O) groups excluding carboxylic acids is 1. The average Bonchev–Trinajstić information content (AvgIpc) is 3.46. The number of likely N-dealkylation sites (tertiary alicyclic amines) is 1. The zero-order chi connectivity index (χ0) is 24.4. The Morgan fingerprint density at radius 3 is 2.91 bits per heavy atom. The summed E-state index contributed by atoms with van der Waals surface area (Å²) >= 11 is 0. The number of allylic oxidation sites excluding steroid dienone is 4. The van der Waals surface area contributed by atoms with Crippen LogP contribution >= 0.6 is 0 Å². The first-order valence-electron chi connectivity index (χ1n) is 12.0. The smallest absolute Gasteiger partial charge is 0.246 e. The molecule has 0 radical (unpaired) electrons. The summed E-state index contributed by atoms with van der Waals surface area (Å²) in [5.74, 6) is 5.19. The van der Waals surface area contributed by atoms with Gasteiger partial charge < -0.3 is 9.64 Å². The minimum atomic E-state index is -0.704. The van der Waals surface area contributed by atoms with Gasteiger partial charge in [-0.25, -0.2) is 15.0 Å². The number of para-hydroxylation sites is 1. The van der Waals surface area contributed by atoms with Crippen LogP contribution < -0.4 is 10.2 Å². The SMILES string of the molecule is C=CC(=O)N1CCC[C@H]1C#CN1NC(C2=CC=C(Oc3ccccc3)C(C)C2)=C2C=NC=NC21C. The van der Waals surface area contributed by atoms with E-state index in [4.69, 9.17) is 4.74 Å². The summed E-state index contributed by atoms with van der Waals surface area (Å²) in [6, 6.07) is 13.0. The lowest BCUT2D eigenvalue weighted by Gasteiger charge is -2.30. The quantitative estimate of drug-likeness (QED) is 0.538. The van der Waals surface area contributed by atoms with Gasteiger partial charge in [0.2, 0.25) is 5.91 Å². The number of hydrazine groups is 1. The first-order chi connectivity index (χ1) is 17.0. The van der Waals surface area contributed by atoms with Gasteiger partial charge in [0, 0.05) is 30.3 Å². The summed E-state index contributed by atoms with van der Waals surface area (Å²) < 4.78 is 6.12. The molecule has 3 aliphatic heterocycles. The first-order valence-corrected chi connectivity index (χ1v) is 12.0. The van der Waals surface area contributed by atoms with E-state index in [2.05, 4.69) is 47.0 Å². The summed E-state index contributed by atoms with van der Waals surface area (Å²) in [6.45, 7) is 8.51. The fraction of sp³-hybridized carbons (Fsp3) is 0.321. The molecule has 3 atom stereocenters. The molecule has 1 amide bonds. The van der Waals surface area contributed by atoms with E-state index < -0.39 is 5.66 Å². The van der Waals surface area contributed by atoms with Crippen LogP contribution in [0.5, 0.6) is 5.75 Å². The highest BCUT2D eigenvalue weighted by molar-refractivity contribution is 5.92. The Hall–Kier alpha value is -4.05. The molecule has 1 N–H and O–H groups in total. The van der Waals surface area contributed by atoms with Crippen molar-refractivity contribution < 1.29 is 9.53 Å². The molecule has 1 aromatic rings. The van der Waals surface area contributed by atoms with Crippen molar-refractivity contribution in [3.63, 3.8) is 0 Å². The van der Waals surface area contributed by atoms with Crippen molar-refractivity contribution in [2.24, 2.45) is 15.9 Å². The van der Waals surface area contributed by atoms with Crippen LogP contribution in [0.15, 0.2) is 87.7 Å². The van der Waals surface area contributed by atoms with Crippen LogP contribution in [0.1, 0.15) is 33.1 Å². The van der Waals surface area contributed by atoms with Gasteiger partial charge in [-0.1, -0.05) is 43.7 Å². The van der Waals surface area contributed by atoms with Gasteiger partial charge in [0.05, 0.1) is 11.7 Å². The number of carbonyl (C=O) groups is 1. The Labute approximate surface area is 206 Å². The molecule has 5 rings (SSSR count). The number of hydrogen-bond acceptors (Lipinski definition) is 6. The van der Waals surface area contributed by atoms with E-state index in [-0.39, 0.29) is 17.9 Å². The third-order valence-electron chi connectivity index (χ3n) is 6.83. The number of rotatable bonds is 4. The number of nitrogens with zero attached hydrogens (tertiary/aromatic N) is 4. The van der Waals surface area contributed by atoms with Crippen LogP contribution in [0.3, 0.4) is 0 Å². The molecule has 1 aliphatic carbocycles. The zero-order valence-electron chi connectivity index (χ0n) is 20.1. The van der Waals surface area contributed by atoms with Crippen LogP contribution in [0, 0.1) is 17.9 Å². The number of benzene rings is 1. The van der Waals surface area contributed by atoms with E-state index in [1.54, 1.807) is 11.2 Å². The van der Waals surface area contributed by atoms with Gasteiger partial charge in [-0.15, -0.1) is 0 Å². The summed E-state index contributed by atoms with van der Waals surface area (Å²) in [4.78, 5) is 22.9. The predicted octanol–water partition coefficient (Wildman–Crippen LogP) is 3.96. The molecule has 35 heavy (non-hydrogen) atoms. The van der Waals surface area contributed by atoms with E-state index in [0.717, 1.165) is 47.6 Å². The molecule has 7 heteroatoms. The van der Waals surface area contributed by atoms with E-state index >= 15 is 0 Å². The average molecular weight is 468 g/mol. The Morgan fingerprint density at radius 1 is 1.31 bits per heavy atom. The fourth-order valence-electron chi connectivity index (χ4n) is 4.81. The van der Waals surface area contributed by atoms with Crippen molar-refractivity contribution in [2.75, 3.05) is 6.54 Å². The maximum atomic E-state index is 12.2. The predicted molar refractivity (Wildman–Crippen MR) is 137 cm³/mol. The molecule has 0 spiro atoms. The minimum absolute atomic E-state index is 0.0774. The van der Waals surface area contributed by atoms with Gasteiger partial charge in [-0.2, -0.15) is 0 Å². The molecule has 0 saturated carbocycles. The lowest BCUT2D eigenvalue weighted by Crippen LogP contribution is -2.45. The third kappa shape index (κ3) is 4.28. The van der Waals surface area contributed by atoms with Crippen LogP contribution in [-0.4, -0.2) is 46.6 Å². The largest absolute Gasteiger partial charge is 0.461 e. The summed E-state index contributed by atoms with van der Waals surface area (Å²) in [5, 5.41) is 1.83. The molecular formula is C28H29N5O2.